The van der Waals surface area contributed by atoms with Crippen molar-refractivity contribution in [1.29, 1.82) is 0 Å². The summed E-state index contributed by atoms with van der Waals surface area (Å²) in [7, 11) is -0.344. The summed E-state index contributed by atoms with van der Waals surface area (Å²) in [6.45, 7) is 6.06. The molecule has 5 heteroatoms. The lowest BCUT2D eigenvalue weighted by Gasteiger charge is -2.01. The Balaban J connectivity index is 4.75. The molecule has 0 aromatic carbocycles. The highest BCUT2D eigenvalue weighted by molar-refractivity contribution is 6.84. The maximum Gasteiger partial charge on any atom is 0.448 e. The van der Waals surface area contributed by atoms with Crippen LogP contribution in [-0.4, -0.2) is 31.7 Å². The van der Waals surface area contributed by atoms with E-state index in [1.54, 1.807) is 0 Å². The number of ether oxygens (including phenoxy) is 1. The number of carbonyl (C=O) groups is 1. The van der Waals surface area contributed by atoms with E-state index in [1.165, 1.54) is 7.11 Å². The van der Waals surface area contributed by atoms with E-state index < -0.39 is 14.0 Å². The molecular weight excluding hydrogens is 184 g/mol. The number of hydrogen-bond acceptors (Lipinski definition) is 2. The van der Waals surface area contributed by atoms with Crippen LogP contribution in [0.4, 0.5) is 0 Å². The van der Waals surface area contributed by atoms with Gasteiger partial charge < -0.3 is 10.3 Å². The van der Waals surface area contributed by atoms with Gasteiger partial charge in [0.15, 0.2) is 0 Å². The van der Waals surface area contributed by atoms with Crippen LogP contribution in [0.2, 0.25) is 19.6 Å². The van der Waals surface area contributed by atoms with Crippen LogP contribution < -0.4 is 0 Å². The number of carbonyl (C=O) groups excluding carboxylic acids is 1. The van der Waals surface area contributed by atoms with Crippen molar-refractivity contribution in [2.75, 3.05) is 7.11 Å². The smallest absolute Gasteiger partial charge is 0.448 e. The van der Waals surface area contributed by atoms with Gasteiger partial charge >= 0.3 is 11.7 Å². The molecule has 0 aromatic rings. The van der Waals surface area contributed by atoms with E-state index in [2.05, 4.69) is 21.0 Å². The average Bonchev–Trinajstić information content (AvgIpc) is 2.03. The molecule has 0 heterocycles. The zero-order valence-corrected chi connectivity index (χ0v) is 9.21. The van der Waals surface area contributed by atoms with Gasteiger partial charge in [-0.3, -0.25) is 0 Å². The Labute approximate surface area is 78.5 Å². The SMILES string of the molecule is COC(=O)C(C#C[Si](C)(C)C)=[N+]=[N-]. The molecule has 0 rings (SSSR count). The van der Waals surface area contributed by atoms with Crippen LogP contribution in [0.15, 0.2) is 0 Å². The average molecular weight is 196 g/mol. The molecule has 0 aliphatic rings. The summed E-state index contributed by atoms with van der Waals surface area (Å²) in [5, 5.41) is 0. The third kappa shape index (κ3) is 4.96. The first-order valence-corrected chi connectivity index (χ1v) is 7.24. The van der Waals surface area contributed by atoms with Crippen molar-refractivity contribution in [3.8, 4) is 11.5 Å². The maximum atomic E-state index is 10.9. The second-order valence-corrected chi connectivity index (χ2v) is 8.19. The molecule has 70 valence electrons. The molecule has 0 amide bonds. The van der Waals surface area contributed by atoms with Gasteiger partial charge in [-0.25, -0.2) is 4.79 Å². The van der Waals surface area contributed by atoms with E-state index in [0.29, 0.717) is 0 Å². The van der Waals surface area contributed by atoms with Crippen LogP contribution in [0.3, 0.4) is 0 Å². The summed E-state index contributed by atoms with van der Waals surface area (Å²) in [5.41, 5.74) is 11.1. The van der Waals surface area contributed by atoms with Gasteiger partial charge in [0.1, 0.15) is 8.07 Å². The molecule has 0 aliphatic carbocycles. The minimum Gasteiger partial charge on any atom is -0.460 e. The molecule has 0 atom stereocenters. The van der Waals surface area contributed by atoms with E-state index in [0.717, 1.165) is 0 Å². The predicted molar refractivity (Wildman–Crippen MR) is 51.8 cm³/mol. The van der Waals surface area contributed by atoms with Crippen LogP contribution in [0.5, 0.6) is 0 Å². The zero-order chi connectivity index (χ0) is 10.5. The van der Waals surface area contributed by atoms with E-state index in [4.69, 9.17) is 5.53 Å². The van der Waals surface area contributed by atoms with Crippen molar-refractivity contribution >= 4 is 19.8 Å². The highest BCUT2D eigenvalue weighted by Gasteiger charge is 2.18. The largest absolute Gasteiger partial charge is 0.460 e. The standard InChI is InChI=1S/C8H12N2O2Si/c1-12-8(11)7(10-9)5-6-13(2,3)4/h1-4H3. The molecule has 0 spiro atoms. The van der Waals surface area contributed by atoms with Gasteiger partial charge in [-0.1, -0.05) is 19.6 Å². The second-order valence-electron chi connectivity index (χ2n) is 3.44. The molecule has 0 radical (unpaired) electrons. The Bertz CT molecular complexity index is 313. The van der Waals surface area contributed by atoms with Crippen LogP contribution in [-0.2, 0) is 9.53 Å². The van der Waals surface area contributed by atoms with Gasteiger partial charge in [-0.15, -0.1) is 10.3 Å². The monoisotopic (exact) mass is 196 g/mol. The lowest BCUT2D eigenvalue weighted by atomic mass is 10.4. The second kappa shape index (κ2) is 4.60. The van der Waals surface area contributed by atoms with Gasteiger partial charge in [-0.2, -0.15) is 0 Å². The van der Waals surface area contributed by atoms with E-state index in [1.807, 2.05) is 19.6 Å². The Morgan fingerprint density at radius 2 is 2.00 bits per heavy atom. The minimum absolute atomic E-state index is 0.245. The minimum atomic E-state index is -1.56. The van der Waals surface area contributed by atoms with Gasteiger partial charge in [0.25, 0.3) is 0 Å². The molecule has 13 heavy (non-hydrogen) atoms. The van der Waals surface area contributed by atoms with Crippen LogP contribution in [0.25, 0.3) is 5.53 Å². The molecule has 0 saturated heterocycles. The highest BCUT2D eigenvalue weighted by Crippen LogP contribution is 1.96. The fraction of sp³-hybridized carbons (Fsp3) is 0.500. The van der Waals surface area contributed by atoms with Crippen molar-refractivity contribution < 1.29 is 14.3 Å². The Morgan fingerprint density at radius 3 is 2.31 bits per heavy atom. The van der Waals surface area contributed by atoms with Crippen LogP contribution in [0, 0.1) is 11.5 Å². The van der Waals surface area contributed by atoms with Crippen molar-refractivity contribution in [2.45, 2.75) is 19.6 Å². The van der Waals surface area contributed by atoms with Crippen molar-refractivity contribution in [3.63, 3.8) is 0 Å². The van der Waals surface area contributed by atoms with E-state index in [9.17, 15) is 4.79 Å². The number of rotatable bonds is 1. The lowest BCUT2D eigenvalue weighted by molar-refractivity contribution is -0.136. The van der Waals surface area contributed by atoms with E-state index >= 15 is 0 Å². The summed E-state index contributed by atoms with van der Waals surface area (Å²) in [6, 6.07) is 0. The molecule has 0 bridgehead atoms. The fourth-order valence-electron chi connectivity index (χ4n) is 0.460. The molecule has 0 aromatic heterocycles. The molecular formula is C8H12N2O2Si. The number of hydrogen-bond donors (Lipinski definition) is 0. The third-order valence-electron chi connectivity index (χ3n) is 1.03. The summed E-state index contributed by atoms with van der Waals surface area (Å²) >= 11 is 0. The molecule has 4 nitrogen and oxygen atoms in total. The first kappa shape index (κ1) is 11.6. The molecule has 0 N–H and O–H groups in total. The van der Waals surface area contributed by atoms with Crippen molar-refractivity contribution in [2.24, 2.45) is 0 Å². The summed E-state index contributed by atoms with van der Waals surface area (Å²) in [6.07, 6.45) is 0. The Morgan fingerprint density at radius 1 is 1.46 bits per heavy atom. The van der Waals surface area contributed by atoms with Crippen LogP contribution >= 0.6 is 0 Å². The van der Waals surface area contributed by atoms with Gasteiger partial charge in [0.2, 0.25) is 0 Å². The lowest BCUT2D eigenvalue weighted by Crippen LogP contribution is -2.20. The molecule has 0 aliphatic heterocycles. The predicted octanol–water partition coefficient (Wildman–Crippen LogP) is 0.711. The van der Waals surface area contributed by atoms with Crippen molar-refractivity contribution in [1.82, 2.24) is 0 Å². The summed E-state index contributed by atoms with van der Waals surface area (Å²) in [5.74, 6) is 1.78. The molecule has 0 fully saturated rings. The van der Waals surface area contributed by atoms with Gasteiger partial charge in [0, 0.05) is 5.92 Å². The first-order chi connectivity index (χ1) is 5.90. The quantitative estimate of drug-likeness (QED) is 0.155. The number of nitrogens with zero attached hydrogens (tertiary/aromatic N) is 2. The third-order valence-corrected chi connectivity index (χ3v) is 1.91. The fourth-order valence-corrected chi connectivity index (χ4v) is 0.954. The summed E-state index contributed by atoms with van der Waals surface area (Å²) in [4.78, 5) is 13.6. The van der Waals surface area contributed by atoms with Gasteiger partial charge in [0.05, 0.1) is 7.11 Å². The highest BCUT2D eigenvalue weighted by atomic mass is 28.3. The summed E-state index contributed by atoms with van der Waals surface area (Å²) < 4.78 is 4.35. The first-order valence-electron chi connectivity index (χ1n) is 3.74. The van der Waals surface area contributed by atoms with E-state index in [-0.39, 0.29) is 5.71 Å². The zero-order valence-electron chi connectivity index (χ0n) is 8.21. The Hall–Kier alpha value is -1.37. The topological polar surface area (TPSA) is 62.7 Å². The van der Waals surface area contributed by atoms with Gasteiger partial charge in [-0.05, 0) is 0 Å². The molecule has 0 unspecified atom stereocenters. The molecule has 0 saturated carbocycles. The van der Waals surface area contributed by atoms with Crippen molar-refractivity contribution in [3.05, 3.63) is 5.53 Å². The maximum absolute atomic E-state index is 10.9. The normalized spacial score (nSPS) is 9.23. The number of methoxy groups -OCH3 is 1. The number of esters is 1. The Kier molecular flexibility index (Phi) is 4.12. The van der Waals surface area contributed by atoms with Crippen LogP contribution in [0.1, 0.15) is 0 Å².